The van der Waals surface area contributed by atoms with Gasteiger partial charge in [-0.15, -0.1) is 23.7 Å². The number of amides is 1. The van der Waals surface area contributed by atoms with Crippen LogP contribution < -0.4 is 4.90 Å². The van der Waals surface area contributed by atoms with Gasteiger partial charge in [0.15, 0.2) is 10.1 Å². The quantitative estimate of drug-likeness (QED) is 0.422. The lowest BCUT2D eigenvalue weighted by Gasteiger charge is -2.28. The van der Waals surface area contributed by atoms with Crippen LogP contribution in [-0.4, -0.2) is 60.2 Å². The standard InChI is InChI=1S/C22H22N4O2S2.ClH/c1-15-5-4-8-18-19(15)24-22(30-18)26(10-9-25-11-13-28-14-12-25)21(27)20-23-16-6-2-3-7-17(16)29-20;/h2-8H,9-14H2,1H3;1H. The first kappa shape index (κ1) is 22.1. The van der Waals surface area contributed by atoms with Gasteiger partial charge in [-0.1, -0.05) is 35.6 Å². The van der Waals surface area contributed by atoms with Gasteiger partial charge in [0.05, 0.1) is 33.6 Å². The van der Waals surface area contributed by atoms with Crippen molar-refractivity contribution in [2.45, 2.75) is 6.92 Å². The van der Waals surface area contributed by atoms with E-state index in [1.54, 1.807) is 16.2 Å². The molecule has 0 aliphatic carbocycles. The number of morpholine rings is 1. The third-order valence-electron chi connectivity index (χ3n) is 5.31. The van der Waals surface area contributed by atoms with Crippen molar-refractivity contribution in [3.63, 3.8) is 0 Å². The summed E-state index contributed by atoms with van der Waals surface area (Å²) in [6, 6.07) is 14.0. The predicted molar refractivity (Wildman–Crippen MR) is 130 cm³/mol. The van der Waals surface area contributed by atoms with Gasteiger partial charge in [0.1, 0.15) is 0 Å². The fourth-order valence-corrected chi connectivity index (χ4v) is 5.60. The Morgan fingerprint density at radius 2 is 1.84 bits per heavy atom. The first-order valence-electron chi connectivity index (χ1n) is 10.0. The highest BCUT2D eigenvalue weighted by Crippen LogP contribution is 2.32. The molecule has 1 aliphatic heterocycles. The van der Waals surface area contributed by atoms with Crippen molar-refractivity contribution >= 4 is 66.6 Å². The summed E-state index contributed by atoms with van der Waals surface area (Å²) in [6.45, 7) is 6.68. The summed E-state index contributed by atoms with van der Waals surface area (Å²) < 4.78 is 7.57. The number of thiazole rings is 2. The molecule has 1 fully saturated rings. The molecule has 4 aromatic rings. The van der Waals surface area contributed by atoms with Crippen LogP contribution in [0.15, 0.2) is 42.5 Å². The number of para-hydroxylation sites is 2. The molecule has 0 spiro atoms. The van der Waals surface area contributed by atoms with E-state index in [1.807, 2.05) is 30.3 Å². The molecule has 3 heterocycles. The second-order valence-corrected chi connectivity index (χ2v) is 9.36. The third kappa shape index (κ3) is 4.58. The number of nitrogens with zero attached hydrogens (tertiary/aromatic N) is 4. The van der Waals surface area contributed by atoms with Crippen molar-refractivity contribution in [3.05, 3.63) is 53.0 Å². The van der Waals surface area contributed by atoms with Gasteiger partial charge < -0.3 is 4.74 Å². The van der Waals surface area contributed by atoms with Crippen molar-refractivity contribution in [3.8, 4) is 0 Å². The van der Waals surface area contributed by atoms with Crippen LogP contribution in [0.25, 0.3) is 20.4 Å². The van der Waals surface area contributed by atoms with Gasteiger partial charge in [-0.05, 0) is 30.7 Å². The molecule has 0 atom stereocenters. The summed E-state index contributed by atoms with van der Waals surface area (Å²) in [5.74, 6) is -0.0823. The Kier molecular flexibility index (Phi) is 6.83. The monoisotopic (exact) mass is 474 g/mol. The second-order valence-electron chi connectivity index (χ2n) is 7.32. The summed E-state index contributed by atoms with van der Waals surface area (Å²) in [5, 5.41) is 1.24. The van der Waals surface area contributed by atoms with Crippen molar-refractivity contribution in [1.29, 1.82) is 0 Å². The molecular formula is C22H23ClN4O2S2. The number of ether oxygens (including phenoxy) is 1. The molecule has 2 aromatic heterocycles. The number of aryl methyl sites for hydroxylation is 1. The van der Waals surface area contributed by atoms with E-state index in [0.29, 0.717) is 11.6 Å². The first-order chi connectivity index (χ1) is 14.7. The molecule has 1 saturated heterocycles. The number of carbonyl (C=O) groups is 1. The Morgan fingerprint density at radius 1 is 1.06 bits per heavy atom. The molecule has 5 rings (SSSR count). The van der Waals surface area contributed by atoms with Gasteiger partial charge in [-0.2, -0.15) is 0 Å². The summed E-state index contributed by atoms with van der Waals surface area (Å²) in [4.78, 5) is 27.1. The number of carbonyl (C=O) groups excluding carboxylic acids is 1. The van der Waals surface area contributed by atoms with Crippen LogP contribution in [0.2, 0.25) is 0 Å². The molecule has 6 nitrogen and oxygen atoms in total. The molecule has 162 valence electrons. The normalized spacial score (nSPS) is 14.6. The van der Waals surface area contributed by atoms with Gasteiger partial charge in [-0.25, -0.2) is 9.97 Å². The van der Waals surface area contributed by atoms with Crippen molar-refractivity contribution in [2.24, 2.45) is 0 Å². The highest BCUT2D eigenvalue weighted by molar-refractivity contribution is 7.23. The summed E-state index contributed by atoms with van der Waals surface area (Å²) in [5.41, 5.74) is 2.95. The molecule has 0 saturated carbocycles. The maximum Gasteiger partial charge on any atom is 0.289 e. The highest BCUT2D eigenvalue weighted by Gasteiger charge is 2.25. The Balaban J connectivity index is 0.00000231. The lowest BCUT2D eigenvalue weighted by molar-refractivity contribution is 0.0391. The van der Waals surface area contributed by atoms with Crippen LogP contribution in [0.3, 0.4) is 0 Å². The number of hydrogen-bond donors (Lipinski definition) is 0. The van der Waals surface area contributed by atoms with Crippen LogP contribution in [-0.2, 0) is 4.74 Å². The fourth-order valence-electron chi connectivity index (χ4n) is 3.62. The number of aromatic nitrogens is 2. The Morgan fingerprint density at radius 3 is 2.61 bits per heavy atom. The summed E-state index contributed by atoms with van der Waals surface area (Å²) in [6.07, 6.45) is 0. The molecule has 0 bridgehead atoms. The highest BCUT2D eigenvalue weighted by atomic mass is 35.5. The van der Waals surface area contributed by atoms with Gasteiger partial charge in [-0.3, -0.25) is 14.6 Å². The van der Waals surface area contributed by atoms with Gasteiger partial charge >= 0.3 is 0 Å². The maximum atomic E-state index is 13.5. The molecule has 0 radical (unpaired) electrons. The molecule has 9 heteroatoms. The number of rotatable bonds is 5. The molecule has 1 amide bonds. The second kappa shape index (κ2) is 9.58. The molecular weight excluding hydrogens is 452 g/mol. The van der Waals surface area contributed by atoms with Crippen LogP contribution >= 0.6 is 35.1 Å². The van der Waals surface area contributed by atoms with Gasteiger partial charge in [0.25, 0.3) is 5.91 Å². The van der Waals surface area contributed by atoms with E-state index in [4.69, 9.17) is 9.72 Å². The van der Waals surface area contributed by atoms with Crippen LogP contribution in [0, 0.1) is 6.92 Å². The fraction of sp³-hybridized carbons (Fsp3) is 0.318. The zero-order chi connectivity index (χ0) is 20.5. The minimum atomic E-state index is -0.0823. The molecule has 2 aromatic carbocycles. The third-order valence-corrected chi connectivity index (χ3v) is 7.37. The number of benzene rings is 2. The first-order valence-corrected chi connectivity index (χ1v) is 11.7. The van der Waals surface area contributed by atoms with E-state index in [1.165, 1.54) is 11.3 Å². The van der Waals surface area contributed by atoms with Crippen molar-refractivity contribution in [2.75, 3.05) is 44.3 Å². The molecule has 0 unspecified atom stereocenters. The van der Waals surface area contributed by atoms with Gasteiger partial charge in [0.2, 0.25) is 0 Å². The average Bonchev–Trinajstić information content (AvgIpc) is 3.39. The average molecular weight is 475 g/mol. The predicted octanol–water partition coefficient (Wildman–Crippen LogP) is 4.62. The maximum absolute atomic E-state index is 13.5. The van der Waals surface area contributed by atoms with E-state index < -0.39 is 0 Å². The van der Waals surface area contributed by atoms with E-state index in [0.717, 1.165) is 64.0 Å². The molecule has 1 aliphatic rings. The van der Waals surface area contributed by atoms with Crippen molar-refractivity contribution < 1.29 is 9.53 Å². The Bertz CT molecular complexity index is 1170. The van der Waals surface area contributed by atoms with Crippen LogP contribution in [0.4, 0.5) is 5.13 Å². The van der Waals surface area contributed by atoms with E-state index in [-0.39, 0.29) is 18.3 Å². The number of hydrogen-bond acceptors (Lipinski definition) is 7. The smallest absolute Gasteiger partial charge is 0.289 e. The number of halogens is 1. The Hall–Kier alpha value is -2.10. The lowest BCUT2D eigenvalue weighted by Crippen LogP contribution is -2.43. The van der Waals surface area contributed by atoms with E-state index >= 15 is 0 Å². The van der Waals surface area contributed by atoms with Crippen LogP contribution in [0.5, 0.6) is 0 Å². The van der Waals surface area contributed by atoms with Crippen LogP contribution in [0.1, 0.15) is 15.4 Å². The summed E-state index contributed by atoms with van der Waals surface area (Å²) >= 11 is 3.00. The topological polar surface area (TPSA) is 58.6 Å². The largest absolute Gasteiger partial charge is 0.379 e. The minimum absolute atomic E-state index is 0. The zero-order valence-electron chi connectivity index (χ0n) is 17.1. The minimum Gasteiger partial charge on any atom is -0.379 e. The zero-order valence-corrected chi connectivity index (χ0v) is 19.6. The van der Waals surface area contributed by atoms with E-state index in [9.17, 15) is 4.79 Å². The molecule has 0 N–H and O–H groups in total. The van der Waals surface area contributed by atoms with Gasteiger partial charge in [0, 0.05) is 26.2 Å². The molecule has 31 heavy (non-hydrogen) atoms. The number of fused-ring (bicyclic) bond motifs is 2. The Labute approximate surface area is 194 Å². The SMILES string of the molecule is Cc1cccc2sc(N(CCN3CCOCC3)C(=O)c3nc4ccccc4s3)nc12.Cl. The lowest BCUT2D eigenvalue weighted by atomic mass is 10.2. The van der Waals surface area contributed by atoms with Crippen molar-refractivity contribution in [1.82, 2.24) is 14.9 Å². The van der Waals surface area contributed by atoms with E-state index in [2.05, 4.69) is 28.9 Å². The number of anilines is 1. The summed E-state index contributed by atoms with van der Waals surface area (Å²) in [7, 11) is 0.